The number of methoxy groups -OCH3 is 2. The third-order valence-corrected chi connectivity index (χ3v) is 4.11. The van der Waals surface area contributed by atoms with E-state index in [1.54, 1.807) is 32.4 Å². The smallest absolute Gasteiger partial charge is 0.323 e. The summed E-state index contributed by atoms with van der Waals surface area (Å²) in [4.78, 5) is 25.3. The highest BCUT2D eigenvalue weighted by Gasteiger charge is 2.20. The number of carbonyl (C=O) groups is 2. The molecule has 0 saturated carbocycles. The number of nitrogens with zero attached hydrogens (tertiary/aromatic N) is 1. The van der Waals surface area contributed by atoms with Crippen molar-refractivity contribution >= 4 is 11.9 Å². The predicted molar refractivity (Wildman–Crippen MR) is 98.0 cm³/mol. The Morgan fingerprint density at radius 1 is 1.04 bits per heavy atom. The number of benzene rings is 2. The molecule has 0 atom stereocenters. The van der Waals surface area contributed by atoms with Crippen molar-refractivity contribution in [3.05, 3.63) is 59.2 Å². The highest BCUT2D eigenvalue weighted by molar-refractivity contribution is 5.97. The fraction of sp³-hybridized carbons (Fsp3) is 0.300. The lowest BCUT2D eigenvalue weighted by Gasteiger charge is -2.22. The summed E-state index contributed by atoms with van der Waals surface area (Å²) in [6.45, 7) is 1.77. The largest absolute Gasteiger partial charge is 0.493 e. The topological polar surface area (TPSA) is 76.1 Å². The molecule has 0 spiro atoms. The van der Waals surface area contributed by atoms with E-state index in [4.69, 9.17) is 14.6 Å². The van der Waals surface area contributed by atoms with Crippen molar-refractivity contribution in [3.8, 4) is 11.5 Å². The molecule has 0 bridgehead atoms. The molecule has 0 aromatic heterocycles. The molecule has 1 amide bonds. The van der Waals surface area contributed by atoms with E-state index in [1.807, 2.05) is 31.2 Å². The van der Waals surface area contributed by atoms with Crippen LogP contribution in [0.5, 0.6) is 11.5 Å². The lowest BCUT2D eigenvalue weighted by Crippen LogP contribution is -2.37. The molecule has 0 aliphatic carbocycles. The molecule has 6 nitrogen and oxygen atoms in total. The number of carbonyl (C=O) groups excluding carboxylic acids is 1. The number of carboxylic acids is 1. The average molecular weight is 357 g/mol. The molecule has 26 heavy (non-hydrogen) atoms. The van der Waals surface area contributed by atoms with Crippen LogP contribution in [0.2, 0.25) is 0 Å². The van der Waals surface area contributed by atoms with E-state index < -0.39 is 5.97 Å². The second-order valence-electron chi connectivity index (χ2n) is 5.87. The summed E-state index contributed by atoms with van der Waals surface area (Å²) in [6, 6.07) is 12.7. The van der Waals surface area contributed by atoms with Crippen LogP contribution in [-0.2, 0) is 11.2 Å². The number of rotatable bonds is 8. The summed E-state index contributed by atoms with van der Waals surface area (Å²) < 4.78 is 10.5. The molecule has 0 aliphatic heterocycles. The maximum atomic E-state index is 12.8. The van der Waals surface area contributed by atoms with Crippen LogP contribution in [0.1, 0.15) is 21.5 Å². The van der Waals surface area contributed by atoms with Gasteiger partial charge in [0.2, 0.25) is 0 Å². The van der Waals surface area contributed by atoms with Crippen molar-refractivity contribution in [2.24, 2.45) is 0 Å². The van der Waals surface area contributed by atoms with Crippen molar-refractivity contribution < 1.29 is 24.2 Å². The fourth-order valence-corrected chi connectivity index (χ4v) is 2.70. The number of amides is 1. The van der Waals surface area contributed by atoms with Crippen molar-refractivity contribution in [1.82, 2.24) is 4.90 Å². The Morgan fingerprint density at radius 2 is 1.73 bits per heavy atom. The van der Waals surface area contributed by atoms with Crippen LogP contribution in [0.25, 0.3) is 0 Å². The molecule has 2 rings (SSSR count). The lowest BCUT2D eigenvalue weighted by atomic mass is 10.1. The van der Waals surface area contributed by atoms with Crippen molar-refractivity contribution in [2.45, 2.75) is 13.3 Å². The molecule has 0 saturated heterocycles. The Morgan fingerprint density at radius 3 is 2.35 bits per heavy atom. The summed E-state index contributed by atoms with van der Waals surface area (Å²) in [6.07, 6.45) is 0.505. The Bertz CT molecular complexity index is 788. The molecule has 0 heterocycles. The number of hydrogen-bond acceptors (Lipinski definition) is 4. The Kier molecular flexibility index (Phi) is 6.60. The van der Waals surface area contributed by atoms with E-state index in [9.17, 15) is 9.59 Å². The quantitative estimate of drug-likeness (QED) is 0.786. The molecular weight excluding hydrogens is 334 g/mol. The zero-order chi connectivity index (χ0) is 19.1. The van der Waals surface area contributed by atoms with Gasteiger partial charge in [-0.3, -0.25) is 9.59 Å². The molecule has 6 heteroatoms. The van der Waals surface area contributed by atoms with Crippen LogP contribution in [-0.4, -0.2) is 49.2 Å². The molecule has 0 aliphatic rings. The number of aryl methyl sites for hydroxylation is 1. The predicted octanol–water partition coefficient (Wildman–Crippen LogP) is 2.78. The van der Waals surface area contributed by atoms with Crippen molar-refractivity contribution in [1.29, 1.82) is 0 Å². The van der Waals surface area contributed by atoms with Gasteiger partial charge in [-0.2, -0.15) is 0 Å². The van der Waals surface area contributed by atoms with Gasteiger partial charge in [-0.15, -0.1) is 0 Å². The van der Waals surface area contributed by atoms with E-state index in [2.05, 4.69) is 0 Å². The minimum atomic E-state index is -1.04. The number of ether oxygens (including phenoxy) is 2. The monoisotopic (exact) mass is 357 g/mol. The fourth-order valence-electron chi connectivity index (χ4n) is 2.70. The summed E-state index contributed by atoms with van der Waals surface area (Å²) >= 11 is 0. The molecular formula is C20H23NO5. The molecule has 0 radical (unpaired) electrons. The van der Waals surface area contributed by atoms with Crippen LogP contribution in [0.15, 0.2) is 42.5 Å². The van der Waals surface area contributed by atoms with Gasteiger partial charge >= 0.3 is 5.97 Å². The minimum Gasteiger partial charge on any atom is -0.493 e. The molecule has 138 valence electrons. The van der Waals surface area contributed by atoms with Gasteiger partial charge in [-0.1, -0.05) is 24.3 Å². The summed E-state index contributed by atoms with van der Waals surface area (Å²) in [5.74, 6) is -0.111. The Hall–Kier alpha value is -3.02. The van der Waals surface area contributed by atoms with E-state index in [1.165, 1.54) is 4.90 Å². The van der Waals surface area contributed by atoms with E-state index >= 15 is 0 Å². The average Bonchev–Trinajstić information content (AvgIpc) is 2.64. The molecule has 0 fully saturated rings. The molecule has 0 unspecified atom stereocenters. The zero-order valence-electron chi connectivity index (χ0n) is 15.2. The van der Waals surface area contributed by atoms with Gasteiger partial charge in [0.25, 0.3) is 5.91 Å². The van der Waals surface area contributed by atoms with Crippen LogP contribution in [0.3, 0.4) is 0 Å². The second-order valence-corrected chi connectivity index (χ2v) is 5.87. The van der Waals surface area contributed by atoms with Gasteiger partial charge < -0.3 is 19.5 Å². The van der Waals surface area contributed by atoms with Gasteiger partial charge in [0, 0.05) is 12.1 Å². The van der Waals surface area contributed by atoms with E-state index in [0.29, 0.717) is 23.5 Å². The van der Waals surface area contributed by atoms with Crippen molar-refractivity contribution in [3.63, 3.8) is 0 Å². The summed E-state index contributed by atoms with van der Waals surface area (Å²) in [7, 11) is 3.12. The van der Waals surface area contributed by atoms with Crippen LogP contribution < -0.4 is 9.47 Å². The van der Waals surface area contributed by atoms with Gasteiger partial charge in [0.15, 0.2) is 11.5 Å². The maximum absolute atomic E-state index is 12.8. The normalized spacial score (nSPS) is 10.3. The lowest BCUT2D eigenvalue weighted by molar-refractivity contribution is -0.137. The SMILES string of the molecule is COc1ccc(CCN(CC(=O)O)C(=O)c2ccccc2C)cc1OC. The first-order valence-corrected chi connectivity index (χ1v) is 8.24. The molecule has 1 N–H and O–H groups in total. The summed E-state index contributed by atoms with van der Waals surface area (Å²) in [5.41, 5.74) is 2.26. The minimum absolute atomic E-state index is 0.286. The van der Waals surface area contributed by atoms with Crippen LogP contribution in [0.4, 0.5) is 0 Å². The van der Waals surface area contributed by atoms with Crippen LogP contribution in [0, 0.1) is 6.92 Å². The van der Waals surface area contributed by atoms with Crippen LogP contribution >= 0.6 is 0 Å². The van der Waals surface area contributed by atoms with Gasteiger partial charge in [-0.05, 0) is 42.7 Å². The van der Waals surface area contributed by atoms with Crippen molar-refractivity contribution in [2.75, 3.05) is 27.3 Å². The first-order chi connectivity index (χ1) is 12.5. The van der Waals surface area contributed by atoms with Gasteiger partial charge in [0.05, 0.1) is 14.2 Å². The zero-order valence-corrected chi connectivity index (χ0v) is 15.2. The van der Waals surface area contributed by atoms with Gasteiger partial charge in [0.1, 0.15) is 6.54 Å². The van der Waals surface area contributed by atoms with E-state index in [-0.39, 0.29) is 19.0 Å². The Balaban J connectivity index is 2.17. The third kappa shape index (κ3) is 4.75. The standard InChI is InChI=1S/C20H23NO5/c1-14-6-4-5-7-16(14)20(24)21(13-19(22)23)11-10-15-8-9-17(25-2)18(12-15)26-3/h4-9,12H,10-11,13H2,1-3H3,(H,22,23). The van der Waals surface area contributed by atoms with Gasteiger partial charge in [-0.25, -0.2) is 0 Å². The highest BCUT2D eigenvalue weighted by Crippen LogP contribution is 2.27. The molecule has 2 aromatic carbocycles. The second kappa shape index (κ2) is 8.89. The highest BCUT2D eigenvalue weighted by atomic mass is 16.5. The number of hydrogen-bond donors (Lipinski definition) is 1. The first-order valence-electron chi connectivity index (χ1n) is 8.24. The maximum Gasteiger partial charge on any atom is 0.323 e. The number of aliphatic carboxylic acids is 1. The first kappa shape index (κ1) is 19.3. The van der Waals surface area contributed by atoms with E-state index in [0.717, 1.165) is 11.1 Å². The number of carboxylic acid groups (broad SMARTS) is 1. The third-order valence-electron chi connectivity index (χ3n) is 4.11. The Labute approximate surface area is 153 Å². The summed E-state index contributed by atoms with van der Waals surface area (Å²) in [5, 5.41) is 9.17. The molecule has 2 aromatic rings.